The predicted molar refractivity (Wildman–Crippen MR) is 63.2 cm³/mol. The van der Waals surface area contributed by atoms with E-state index in [1.54, 1.807) is 24.0 Å². The quantitative estimate of drug-likeness (QED) is 0.712. The minimum Gasteiger partial charge on any atom is -0.339 e. The number of carbonyl (C=O) groups is 2. The van der Waals surface area contributed by atoms with Gasteiger partial charge < -0.3 is 4.90 Å². The maximum atomic E-state index is 11.3. The average Bonchev–Trinajstić information content (AvgIpc) is 2.29. The number of carbonyl (C=O) groups excluding carboxylic acids is 2. The van der Waals surface area contributed by atoms with Gasteiger partial charge in [0.1, 0.15) is 6.29 Å². The lowest BCUT2D eigenvalue weighted by molar-refractivity contribution is -0.129. The van der Waals surface area contributed by atoms with E-state index >= 15 is 0 Å². The smallest absolute Gasteiger partial charge is 0.219 e. The normalized spacial score (nSPS) is 9.88. The van der Waals surface area contributed by atoms with Crippen LogP contribution in [0.5, 0.6) is 0 Å². The first-order valence-electron chi connectivity index (χ1n) is 5.47. The summed E-state index contributed by atoms with van der Waals surface area (Å²) in [5.74, 6) is 0.0845. The molecule has 0 aliphatic heterocycles. The topological polar surface area (TPSA) is 37.4 Å². The summed E-state index contributed by atoms with van der Waals surface area (Å²) in [7, 11) is 0. The van der Waals surface area contributed by atoms with Crippen molar-refractivity contribution in [2.45, 2.75) is 26.8 Å². The van der Waals surface area contributed by atoms with Crippen LogP contribution in [0.15, 0.2) is 24.3 Å². The fourth-order valence-electron chi connectivity index (χ4n) is 1.54. The first kappa shape index (κ1) is 12.4. The molecule has 1 amide bonds. The number of hydrogen-bond acceptors (Lipinski definition) is 2. The van der Waals surface area contributed by atoms with Crippen LogP contribution in [-0.4, -0.2) is 23.6 Å². The molecule has 0 saturated carbocycles. The Bertz CT molecular complexity index is 357. The number of nitrogens with zero attached hydrogens (tertiary/aromatic N) is 1. The van der Waals surface area contributed by atoms with E-state index in [4.69, 9.17) is 0 Å². The van der Waals surface area contributed by atoms with Gasteiger partial charge in [-0.3, -0.25) is 9.59 Å². The second kappa shape index (κ2) is 6.05. The molecule has 0 N–H and O–H groups in total. The molecule has 16 heavy (non-hydrogen) atoms. The Balaban J connectivity index is 2.69. The van der Waals surface area contributed by atoms with Crippen LogP contribution in [0.2, 0.25) is 0 Å². The van der Waals surface area contributed by atoms with Crippen LogP contribution in [0.1, 0.15) is 36.2 Å². The van der Waals surface area contributed by atoms with E-state index in [9.17, 15) is 9.59 Å². The molecule has 0 aliphatic rings. The Hall–Kier alpha value is -1.64. The van der Waals surface area contributed by atoms with Crippen molar-refractivity contribution >= 4 is 12.2 Å². The summed E-state index contributed by atoms with van der Waals surface area (Å²) in [5, 5.41) is 0. The lowest BCUT2D eigenvalue weighted by Crippen LogP contribution is -2.28. The number of hydrogen-bond donors (Lipinski definition) is 0. The fraction of sp³-hybridized carbons (Fsp3) is 0.385. The molecule has 0 aromatic heterocycles. The van der Waals surface area contributed by atoms with Gasteiger partial charge in [-0.1, -0.05) is 31.2 Å². The molecule has 0 spiro atoms. The maximum absolute atomic E-state index is 11.3. The predicted octanol–water partition coefficient (Wildman–Crippen LogP) is 2.26. The largest absolute Gasteiger partial charge is 0.339 e. The Morgan fingerprint density at radius 3 is 2.38 bits per heavy atom. The molecule has 0 bridgehead atoms. The third kappa shape index (κ3) is 3.50. The molecule has 0 saturated heterocycles. The molecular weight excluding hydrogens is 202 g/mol. The minimum atomic E-state index is 0.0845. The summed E-state index contributed by atoms with van der Waals surface area (Å²) in [4.78, 5) is 23.6. The molecule has 3 heteroatoms. The minimum absolute atomic E-state index is 0.0845. The molecule has 1 aromatic rings. The highest BCUT2D eigenvalue weighted by molar-refractivity contribution is 5.75. The van der Waals surface area contributed by atoms with Crippen LogP contribution in [0, 0.1) is 0 Å². The van der Waals surface area contributed by atoms with Crippen LogP contribution in [0.25, 0.3) is 0 Å². The molecule has 3 nitrogen and oxygen atoms in total. The molecule has 0 fully saturated rings. The van der Waals surface area contributed by atoms with Gasteiger partial charge >= 0.3 is 0 Å². The van der Waals surface area contributed by atoms with Crippen LogP contribution in [-0.2, 0) is 11.3 Å². The van der Waals surface area contributed by atoms with Gasteiger partial charge in [0.05, 0.1) is 0 Å². The van der Waals surface area contributed by atoms with E-state index in [1.165, 1.54) is 0 Å². The highest BCUT2D eigenvalue weighted by Gasteiger charge is 2.07. The van der Waals surface area contributed by atoms with Crippen molar-refractivity contribution in [2.24, 2.45) is 0 Å². The highest BCUT2D eigenvalue weighted by atomic mass is 16.2. The van der Waals surface area contributed by atoms with Crippen molar-refractivity contribution in [3.05, 3.63) is 35.4 Å². The summed E-state index contributed by atoms with van der Waals surface area (Å²) in [6.07, 6.45) is 1.77. The lowest BCUT2D eigenvalue weighted by atomic mass is 10.1. The molecule has 0 heterocycles. The zero-order chi connectivity index (χ0) is 12.0. The average molecular weight is 219 g/mol. The van der Waals surface area contributed by atoms with Crippen molar-refractivity contribution in [2.75, 3.05) is 6.54 Å². The summed E-state index contributed by atoms with van der Waals surface area (Å²) in [6, 6.07) is 7.31. The van der Waals surface area contributed by atoms with E-state index < -0.39 is 0 Å². The molecule has 0 unspecified atom stereocenters. The summed E-state index contributed by atoms with van der Waals surface area (Å²) >= 11 is 0. The van der Waals surface area contributed by atoms with Crippen molar-refractivity contribution < 1.29 is 9.59 Å². The number of rotatable bonds is 5. The van der Waals surface area contributed by atoms with Crippen LogP contribution >= 0.6 is 0 Å². The van der Waals surface area contributed by atoms with Crippen molar-refractivity contribution in [3.8, 4) is 0 Å². The fourth-order valence-corrected chi connectivity index (χ4v) is 1.54. The van der Waals surface area contributed by atoms with Gasteiger partial charge in [-0.2, -0.15) is 0 Å². The van der Waals surface area contributed by atoms with Crippen molar-refractivity contribution in [3.63, 3.8) is 0 Å². The van der Waals surface area contributed by atoms with Crippen LogP contribution in [0.4, 0.5) is 0 Å². The molecular formula is C13H17NO2. The van der Waals surface area contributed by atoms with E-state index in [-0.39, 0.29) is 5.91 Å². The van der Waals surface area contributed by atoms with Crippen LogP contribution < -0.4 is 0 Å². The van der Waals surface area contributed by atoms with Gasteiger partial charge in [0.2, 0.25) is 5.91 Å². The highest BCUT2D eigenvalue weighted by Crippen LogP contribution is 2.07. The summed E-state index contributed by atoms with van der Waals surface area (Å²) in [6.45, 7) is 5.01. The van der Waals surface area contributed by atoms with Crippen LogP contribution in [0.3, 0.4) is 0 Å². The monoisotopic (exact) mass is 219 g/mol. The molecule has 1 aromatic carbocycles. The van der Waals surface area contributed by atoms with E-state index in [0.717, 1.165) is 24.8 Å². The Kier molecular flexibility index (Phi) is 4.70. The van der Waals surface area contributed by atoms with E-state index in [1.807, 2.05) is 19.1 Å². The molecule has 86 valence electrons. The second-order valence-electron chi connectivity index (χ2n) is 3.80. The third-order valence-corrected chi connectivity index (χ3v) is 2.43. The zero-order valence-corrected chi connectivity index (χ0v) is 9.77. The van der Waals surface area contributed by atoms with Gasteiger partial charge in [-0.25, -0.2) is 0 Å². The van der Waals surface area contributed by atoms with E-state index in [0.29, 0.717) is 12.1 Å². The molecule has 0 aliphatic carbocycles. The first-order chi connectivity index (χ1) is 7.67. The maximum Gasteiger partial charge on any atom is 0.219 e. The van der Waals surface area contributed by atoms with Gasteiger partial charge in [0.15, 0.2) is 0 Å². The van der Waals surface area contributed by atoms with Gasteiger partial charge in [-0.15, -0.1) is 0 Å². The number of amides is 1. The molecule has 0 atom stereocenters. The Morgan fingerprint density at radius 2 is 1.94 bits per heavy atom. The zero-order valence-electron chi connectivity index (χ0n) is 9.77. The Morgan fingerprint density at radius 1 is 1.31 bits per heavy atom. The first-order valence-corrected chi connectivity index (χ1v) is 5.47. The van der Waals surface area contributed by atoms with Gasteiger partial charge in [0.25, 0.3) is 0 Å². The van der Waals surface area contributed by atoms with Gasteiger partial charge in [0, 0.05) is 25.6 Å². The standard InChI is InChI=1S/C13H17NO2/c1-3-8-14(11(2)16)9-12-4-6-13(10-15)7-5-12/h4-7,10H,3,8-9H2,1-2H3. The lowest BCUT2D eigenvalue weighted by Gasteiger charge is -2.20. The van der Waals surface area contributed by atoms with Crippen molar-refractivity contribution in [1.82, 2.24) is 4.90 Å². The summed E-state index contributed by atoms with van der Waals surface area (Å²) in [5.41, 5.74) is 1.71. The molecule has 1 rings (SSSR count). The van der Waals surface area contributed by atoms with Crippen molar-refractivity contribution in [1.29, 1.82) is 0 Å². The second-order valence-corrected chi connectivity index (χ2v) is 3.80. The van der Waals surface area contributed by atoms with Gasteiger partial charge in [-0.05, 0) is 12.0 Å². The third-order valence-electron chi connectivity index (χ3n) is 2.43. The molecule has 0 radical (unpaired) electrons. The Labute approximate surface area is 96.1 Å². The number of benzene rings is 1. The number of aldehydes is 1. The van der Waals surface area contributed by atoms with E-state index in [2.05, 4.69) is 0 Å². The summed E-state index contributed by atoms with van der Waals surface area (Å²) < 4.78 is 0. The SMILES string of the molecule is CCCN(Cc1ccc(C=O)cc1)C(C)=O.